The number of nitrogens with zero attached hydrogens (tertiary/aromatic N) is 2. The number of hydrogen-bond donors (Lipinski definition) is 1. The van der Waals surface area contributed by atoms with Gasteiger partial charge in [-0.25, -0.2) is 4.98 Å². The van der Waals surface area contributed by atoms with Gasteiger partial charge in [-0.15, -0.1) is 0 Å². The van der Waals surface area contributed by atoms with Gasteiger partial charge < -0.3 is 10.6 Å². The van der Waals surface area contributed by atoms with Crippen LogP contribution in [0.1, 0.15) is 5.56 Å². The van der Waals surface area contributed by atoms with E-state index in [1.54, 1.807) is 6.20 Å². The normalized spacial score (nSPS) is 10.1. The first-order valence-electron chi connectivity index (χ1n) is 5.19. The van der Waals surface area contributed by atoms with Gasteiger partial charge in [0.2, 0.25) is 0 Å². The molecule has 1 heterocycles. The Bertz CT molecular complexity index is 477. The molecular weight excluding hydrogens is 198 g/mol. The standard InChI is InChI=1S/C13H15N3/c1-10-3-5-11(6-4-10)16(2)12-7-8-15-13(14)9-12/h3-9H,1-2H3,(H2,14,15). The molecule has 0 amide bonds. The first kappa shape index (κ1) is 10.5. The molecular formula is C13H15N3. The lowest BCUT2D eigenvalue weighted by atomic mass is 10.2. The topological polar surface area (TPSA) is 42.2 Å². The maximum absolute atomic E-state index is 5.66. The Morgan fingerprint density at radius 2 is 1.75 bits per heavy atom. The predicted molar refractivity (Wildman–Crippen MR) is 67.9 cm³/mol. The minimum Gasteiger partial charge on any atom is -0.384 e. The first-order chi connectivity index (χ1) is 7.66. The van der Waals surface area contributed by atoms with Crippen molar-refractivity contribution in [2.24, 2.45) is 0 Å². The molecule has 3 nitrogen and oxygen atoms in total. The summed E-state index contributed by atoms with van der Waals surface area (Å²) in [5.41, 5.74) is 9.09. The quantitative estimate of drug-likeness (QED) is 0.834. The van der Waals surface area contributed by atoms with Crippen molar-refractivity contribution < 1.29 is 0 Å². The Morgan fingerprint density at radius 3 is 2.38 bits per heavy atom. The summed E-state index contributed by atoms with van der Waals surface area (Å²) in [6, 6.07) is 12.2. The Balaban J connectivity index is 2.31. The number of anilines is 3. The average molecular weight is 213 g/mol. The molecule has 1 aromatic heterocycles. The second-order valence-electron chi connectivity index (χ2n) is 3.83. The van der Waals surface area contributed by atoms with E-state index in [1.807, 2.05) is 19.2 Å². The van der Waals surface area contributed by atoms with E-state index in [-0.39, 0.29) is 0 Å². The maximum atomic E-state index is 5.66. The van der Waals surface area contributed by atoms with Crippen LogP contribution in [0.3, 0.4) is 0 Å². The van der Waals surface area contributed by atoms with Crippen LogP contribution in [-0.4, -0.2) is 12.0 Å². The molecule has 16 heavy (non-hydrogen) atoms. The van der Waals surface area contributed by atoms with Gasteiger partial charge in [0.05, 0.1) is 0 Å². The fourth-order valence-corrected chi connectivity index (χ4v) is 1.56. The minimum absolute atomic E-state index is 0.538. The van der Waals surface area contributed by atoms with Gasteiger partial charge in [0.15, 0.2) is 0 Å². The lowest BCUT2D eigenvalue weighted by molar-refractivity contribution is 1.19. The third kappa shape index (κ3) is 2.14. The first-order valence-corrected chi connectivity index (χ1v) is 5.19. The van der Waals surface area contributed by atoms with Gasteiger partial charge in [-0.3, -0.25) is 0 Å². The maximum Gasteiger partial charge on any atom is 0.125 e. The predicted octanol–water partition coefficient (Wildman–Crippen LogP) is 2.74. The number of rotatable bonds is 2. The largest absolute Gasteiger partial charge is 0.384 e. The third-order valence-corrected chi connectivity index (χ3v) is 2.57. The summed E-state index contributed by atoms with van der Waals surface area (Å²) in [6.45, 7) is 2.08. The van der Waals surface area contributed by atoms with E-state index in [4.69, 9.17) is 5.73 Å². The molecule has 3 heteroatoms. The van der Waals surface area contributed by atoms with E-state index >= 15 is 0 Å². The summed E-state index contributed by atoms with van der Waals surface area (Å²) < 4.78 is 0. The van der Waals surface area contributed by atoms with Crippen molar-refractivity contribution in [3.63, 3.8) is 0 Å². The van der Waals surface area contributed by atoms with E-state index in [2.05, 4.69) is 41.1 Å². The number of nitrogen functional groups attached to an aromatic ring is 1. The molecule has 0 aliphatic heterocycles. The molecule has 0 saturated carbocycles. The fraction of sp³-hybridized carbons (Fsp3) is 0.154. The summed E-state index contributed by atoms with van der Waals surface area (Å²) in [5.74, 6) is 0.538. The highest BCUT2D eigenvalue weighted by atomic mass is 15.1. The molecule has 82 valence electrons. The molecule has 0 radical (unpaired) electrons. The molecule has 0 aliphatic rings. The Kier molecular flexibility index (Phi) is 2.77. The zero-order chi connectivity index (χ0) is 11.5. The molecule has 0 atom stereocenters. The smallest absolute Gasteiger partial charge is 0.125 e. The van der Waals surface area contributed by atoms with Crippen LogP contribution in [0, 0.1) is 6.92 Å². The zero-order valence-electron chi connectivity index (χ0n) is 9.51. The Hall–Kier alpha value is -2.03. The van der Waals surface area contributed by atoms with Crippen molar-refractivity contribution in [3.05, 3.63) is 48.2 Å². The average Bonchev–Trinajstić information content (AvgIpc) is 2.29. The van der Waals surface area contributed by atoms with Crippen LogP contribution in [0.5, 0.6) is 0 Å². The Morgan fingerprint density at radius 1 is 1.06 bits per heavy atom. The van der Waals surface area contributed by atoms with Gasteiger partial charge in [-0.2, -0.15) is 0 Å². The van der Waals surface area contributed by atoms with Crippen LogP contribution in [-0.2, 0) is 0 Å². The van der Waals surface area contributed by atoms with Gasteiger partial charge in [-0.1, -0.05) is 17.7 Å². The highest BCUT2D eigenvalue weighted by molar-refractivity contribution is 5.64. The van der Waals surface area contributed by atoms with Gasteiger partial charge >= 0.3 is 0 Å². The van der Waals surface area contributed by atoms with Crippen LogP contribution < -0.4 is 10.6 Å². The third-order valence-electron chi connectivity index (χ3n) is 2.57. The molecule has 0 bridgehead atoms. The van der Waals surface area contributed by atoms with Crippen molar-refractivity contribution >= 4 is 17.2 Å². The summed E-state index contributed by atoms with van der Waals surface area (Å²) in [4.78, 5) is 6.06. The highest BCUT2D eigenvalue weighted by Gasteiger charge is 2.03. The van der Waals surface area contributed by atoms with E-state index < -0.39 is 0 Å². The molecule has 1 aromatic carbocycles. The molecule has 0 fully saturated rings. The molecule has 0 aliphatic carbocycles. The minimum atomic E-state index is 0.538. The second kappa shape index (κ2) is 4.23. The van der Waals surface area contributed by atoms with Gasteiger partial charge in [0, 0.05) is 30.7 Å². The Labute approximate surface area is 95.5 Å². The van der Waals surface area contributed by atoms with Crippen LogP contribution in [0.15, 0.2) is 42.6 Å². The van der Waals surface area contributed by atoms with E-state index in [0.717, 1.165) is 11.4 Å². The van der Waals surface area contributed by atoms with Crippen LogP contribution in [0.4, 0.5) is 17.2 Å². The van der Waals surface area contributed by atoms with Crippen molar-refractivity contribution in [1.82, 2.24) is 4.98 Å². The summed E-state index contributed by atoms with van der Waals surface area (Å²) >= 11 is 0. The molecule has 0 spiro atoms. The van der Waals surface area contributed by atoms with Crippen LogP contribution in [0.2, 0.25) is 0 Å². The molecule has 2 N–H and O–H groups in total. The number of pyridine rings is 1. The van der Waals surface area contributed by atoms with Crippen LogP contribution in [0.25, 0.3) is 0 Å². The van der Waals surface area contributed by atoms with Gasteiger partial charge in [0.1, 0.15) is 5.82 Å². The number of benzene rings is 1. The lowest BCUT2D eigenvalue weighted by Gasteiger charge is -2.19. The van der Waals surface area contributed by atoms with Gasteiger partial charge in [0.25, 0.3) is 0 Å². The molecule has 0 unspecified atom stereocenters. The number of aromatic nitrogens is 1. The van der Waals surface area contributed by atoms with Crippen molar-refractivity contribution in [3.8, 4) is 0 Å². The lowest BCUT2D eigenvalue weighted by Crippen LogP contribution is -2.09. The van der Waals surface area contributed by atoms with E-state index in [1.165, 1.54) is 5.56 Å². The van der Waals surface area contributed by atoms with Crippen LogP contribution >= 0.6 is 0 Å². The SMILES string of the molecule is Cc1ccc(N(C)c2ccnc(N)c2)cc1. The number of hydrogen-bond acceptors (Lipinski definition) is 3. The summed E-state index contributed by atoms with van der Waals surface area (Å²) in [5, 5.41) is 0. The van der Waals surface area contributed by atoms with Crippen molar-refractivity contribution in [2.45, 2.75) is 6.92 Å². The van der Waals surface area contributed by atoms with E-state index in [9.17, 15) is 0 Å². The summed E-state index contributed by atoms with van der Waals surface area (Å²) in [7, 11) is 2.01. The van der Waals surface area contributed by atoms with Crippen molar-refractivity contribution in [1.29, 1.82) is 0 Å². The van der Waals surface area contributed by atoms with Gasteiger partial charge in [-0.05, 0) is 25.1 Å². The molecule has 2 aromatic rings. The number of aryl methyl sites for hydroxylation is 1. The molecule has 2 rings (SSSR count). The fourth-order valence-electron chi connectivity index (χ4n) is 1.56. The molecule has 0 saturated heterocycles. The zero-order valence-corrected chi connectivity index (χ0v) is 9.51. The monoisotopic (exact) mass is 213 g/mol. The van der Waals surface area contributed by atoms with E-state index in [0.29, 0.717) is 5.82 Å². The highest BCUT2D eigenvalue weighted by Crippen LogP contribution is 2.24. The van der Waals surface area contributed by atoms with Crippen molar-refractivity contribution in [2.75, 3.05) is 17.7 Å². The number of nitrogens with two attached hydrogens (primary N) is 1. The second-order valence-corrected chi connectivity index (χ2v) is 3.83. The summed E-state index contributed by atoms with van der Waals surface area (Å²) in [6.07, 6.45) is 1.72.